The largest absolute Gasteiger partial charge is 0.207 e. The molecule has 0 aliphatic heterocycles. The Balaban J connectivity index is 2.44. The Bertz CT molecular complexity index is 429. The van der Waals surface area contributed by atoms with E-state index in [-0.39, 0.29) is 5.82 Å². The van der Waals surface area contributed by atoms with Crippen molar-refractivity contribution in [3.8, 4) is 11.1 Å². The second-order valence-corrected chi connectivity index (χ2v) is 3.21. The van der Waals surface area contributed by atoms with Crippen molar-refractivity contribution in [3.05, 3.63) is 66.8 Å². The maximum Gasteiger partial charge on any atom is 0.123 e. The minimum Gasteiger partial charge on any atom is -0.207 e. The number of rotatable bonds is 1. The Morgan fingerprint density at radius 1 is 0.857 bits per heavy atom. The van der Waals surface area contributed by atoms with E-state index in [1.807, 2.05) is 30.3 Å². The minimum absolute atomic E-state index is 0.207. The summed E-state index contributed by atoms with van der Waals surface area (Å²) in [4.78, 5) is 0. The van der Waals surface area contributed by atoms with E-state index in [2.05, 4.69) is 6.92 Å². The molecule has 0 heterocycles. The van der Waals surface area contributed by atoms with Gasteiger partial charge in [0, 0.05) is 0 Å². The van der Waals surface area contributed by atoms with Crippen LogP contribution in [0, 0.1) is 12.7 Å². The molecule has 2 aromatic rings. The van der Waals surface area contributed by atoms with Crippen molar-refractivity contribution < 1.29 is 4.39 Å². The molecule has 0 amide bonds. The molecule has 0 unspecified atom stereocenters. The van der Waals surface area contributed by atoms with Crippen LogP contribution in [0.25, 0.3) is 11.1 Å². The molecule has 69 valence electrons. The molecule has 1 heteroatoms. The lowest BCUT2D eigenvalue weighted by Crippen LogP contribution is -1.80. The van der Waals surface area contributed by atoms with Crippen LogP contribution in [0.2, 0.25) is 0 Å². The van der Waals surface area contributed by atoms with Crippen molar-refractivity contribution in [2.75, 3.05) is 0 Å². The van der Waals surface area contributed by atoms with Crippen molar-refractivity contribution in [2.24, 2.45) is 0 Å². The van der Waals surface area contributed by atoms with Gasteiger partial charge >= 0.3 is 0 Å². The first-order chi connectivity index (χ1) is 6.75. The lowest BCUT2D eigenvalue weighted by Gasteiger charge is -2.01. The van der Waals surface area contributed by atoms with Gasteiger partial charge in [0.15, 0.2) is 0 Å². The van der Waals surface area contributed by atoms with E-state index in [4.69, 9.17) is 0 Å². The molecule has 0 spiro atoms. The van der Waals surface area contributed by atoms with E-state index < -0.39 is 0 Å². The molecule has 0 saturated carbocycles. The number of hydrogen-bond donors (Lipinski definition) is 0. The second kappa shape index (κ2) is 3.62. The average Bonchev–Trinajstić information content (AvgIpc) is 2.19. The topological polar surface area (TPSA) is 0 Å². The van der Waals surface area contributed by atoms with Gasteiger partial charge in [0.05, 0.1) is 0 Å². The van der Waals surface area contributed by atoms with Crippen molar-refractivity contribution >= 4 is 0 Å². The molecule has 0 saturated heterocycles. The fraction of sp³-hybridized carbons (Fsp3) is 0. The molecule has 0 aliphatic carbocycles. The summed E-state index contributed by atoms with van der Waals surface area (Å²) in [5.74, 6) is -0.207. The molecule has 0 N–H and O–H groups in total. The molecular formula is C13H10F. The first-order valence-electron chi connectivity index (χ1n) is 4.44. The van der Waals surface area contributed by atoms with Gasteiger partial charge < -0.3 is 0 Å². The normalized spacial score (nSPS) is 10.1. The summed E-state index contributed by atoms with van der Waals surface area (Å²) >= 11 is 0. The molecule has 14 heavy (non-hydrogen) atoms. The van der Waals surface area contributed by atoms with Gasteiger partial charge in [-0.25, -0.2) is 4.39 Å². The standard InChI is InChI=1S/C13H10F/c1-10-5-7-11(8-6-10)12-3-2-4-13(14)9-12/h2-9H,1H2. The Morgan fingerprint density at radius 3 is 2.21 bits per heavy atom. The van der Waals surface area contributed by atoms with Gasteiger partial charge in [0.25, 0.3) is 0 Å². The Kier molecular flexibility index (Phi) is 2.32. The molecule has 0 nitrogen and oxygen atoms in total. The van der Waals surface area contributed by atoms with Crippen LogP contribution < -0.4 is 0 Å². The Labute approximate surface area is 83.0 Å². The highest BCUT2D eigenvalue weighted by atomic mass is 19.1. The summed E-state index contributed by atoms with van der Waals surface area (Å²) in [5.41, 5.74) is 2.87. The third kappa shape index (κ3) is 1.82. The van der Waals surface area contributed by atoms with Gasteiger partial charge in [-0.3, -0.25) is 0 Å². The van der Waals surface area contributed by atoms with Gasteiger partial charge in [-0.2, -0.15) is 0 Å². The number of benzene rings is 2. The van der Waals surface area contributed by atoms with Crippen LogP contribution in [0.5, 0.6) is 0 Å². The van der Waals surface area contributed by atoms with E-state index in [0.717, 1.165) is 16.7 Å². The summed E-state index contributed by atoms with van der Waals surface area (Å²) in [5, 5.41) is 0. The molecule has 0 aliphatic rings. The van der Waals surface area contributed by atoms with E-state index >= 15 is 0 Å². The molecule has 2 rings (SSSR count). The highest BCUT2D eigenvalue weighted by Gasteiger charge is 1.97. The van der Waals surface area contributed by atoms with Gasteiger partial charge in [0.2, 0.25) is 0 Å². The molecule has 1 radical (unpaired) electrons. The summed E-state index contributed by atoms with van der Waals surface area (Å²) in [6.45, 7) is 3.80. The Morgan fingerprint density at radius 2 is 1.57 bits per heavy atom. The molecule has 0 fully saturated rings. The zero-order valence-corrected chi connectivity index (χ0v) is 7.70. The predicted octanol–water partition coefficient (Wildman–Crippen LogP) is 3.67. The molecule has 0 atom stereocenters. The third-order valence-electron chi connectivity index (χ3n) is 2.11. The third-order valence-corrected chi connectivity index (χ3v) is 2.11. The Hall–Kier alpha value is -1.63. The minimum atomic E-state index is -0.207. The molecule has 0 aromatic heterocycles. The van der Waals surface area contributed by atoms with Crippen LogP contribution in [0.4, 0.5) is 4.39 Å². The maximum atomic E-state index is 12.9. The molecule has 2 aromatic carbocycles. The van der Waals surface area contributed by atoms with Crippen LogP contribution in [-0.4, -0.2) is 0 Å². The van der Waals surface area contributed by atoms with Crippen LogP contribution in [0.1, 0.15) is 5.56 Å². The summed E-state index contributed by atoms with van der Waals surface area (Å²) in [6, 6.07) is 14.3. The second-order valence-electron chi connectivity index (χ2n) is 3.21. The summed E-state index contributed by atoms with van der Waals surface area (Å²) < 4.78 is 12.9. The maximum absolute atomic E-state index is 12.9. The first kappa shape index (κ1) is 8.95. The van der Waals surface area contributed by atoms with E-state index in [9.17, 15) is 4.39 Å². The molecular weight excluding hydrogens is 175 g/mol. The van der Waals surface area contributed by atoms with Crippen LogP contribution in [-0.2, 0) is 0 Å². The van der Waals surface area contributed by atoms with Crippen molar-refractivity contribution in [2.45, 2.75) is 0 Å². The lowest BCUT2D eigenvalue weighted by atomic mass is 10.0. The van der Waals surface area contributed by atoms with Gasteiger partial charge in [-0.05, 0) is 35.7 Å². The number of hydrogen-bond acceptors (Lipinski definition) is 0. The highest BCUT2D eigenvalue weighted by Crippen LogP contribution is 2.20. The number of halogens is 1. The van der Waals surface area contributed by atoms with Crippen LogP contribution in [0.15, 0.2) is 48.5 Å². The first-order valence-corrected chi connectivity index (χ1v) is 4.44. The quantitative estimate of drug-likeness (QED) is 0.635. The van der Waals surface area contributed by atoms with Crippen molar-refractivity contribution in [3.63, 3.8) is 0 Å². The lowest BCUT2D eigenvalue weighted by molar-refractivity contribution is 0.628. The SMILES string of the molecule is [CH2]c1ccc(-c2cccc(F)c2)cc1. The van der Waals surface area contributed by atoms with E-state index in [1.54, 1.807) is 6.07 Å². The fourth-order valence-corrected chi connectivity index (χ4v) is 1.37. The van der Waals surface area contributed by atoms with Gasteiger partial charge in [0.1, 0.15) is 5.82 Å². The van der Waals surface area contributed by atoms with E-state index in [0.29, 0.717) is 0 Å². The fourth-order valence-electron chi connectivity index (χ4n) is 1.37. The molecule has 0 bridgehead atoms. The van der Waals surface area contributed by atoms with Gasteiger partial charge in [-0.15, -0.1) is 0 Å². The zero-order valence-electron chi connectivity index (χ0n) is 7.70. The highest BCUT2D eigenvalue weighted by molar-refractivity contribution is 5.63. The average molecular weight is 185 g/mol. The monoisotopic (exact) mass is 185 g/mol. The zero-order chi connectivity index (χ0) is 9.97. The van der Waals surface area contributed by atoms with Crippen molar-refractivity contribution in [1.82, 2.24) is 0 Å². The summed E-state index contributed by atoms with van der Waals surface area (Å²) in [6.07, 6.45) is 0. The smallest absolute Gasteiger partial charge is 0.123 e. The summed E-state index contributed by atoms with van der Waals surface area (Å²) in [7, 11) is 0. The predicted molar refractivity (Wildman–Crippen MR) is 56.3 cm³/mol. The van der Waals surface area contributed by atoms with E-state index in [1.165, 1.54) is 12.1 Å². The van der Waals surface area contributed by atoms with Crippen LogP contribution in [0.3, 0.4) is 0 Å². The van der Waals surface area contributed by atoms with Crippen molar-refractivity contribution in [1.29, 1.82) is 0 Å². The van der Waals surface area contributed by atoms with Crippen LogP contribution >= 0.6 is 0 Å². The van der Waals surface area contributed by atoms with Gasteiger partial charge in [-0.1, -0.05) is 36.4 Å².